The average Bonchev–Trinajstić information content (AvgIpc) is 3.09. The van der Waals surface area contributed by atoms with E-state index in [0.717, 1.165) is 45.3 Å². The molecule has 146 valence electrons. The second-order valence-electron chi connectivity index (χ2n) is 7.46. The van der Waals surface area contributed by atoms with E-state index < -0.39 is 23.2 Å². The number of rotatable bonds is 2. The lowest BCUT2D eigenvalue weighted by Gasteiger charge is -2.26. The molecule has 0 radical (unpaired) electrons. The summed E-state index contributed by atoms with van der Waals surface area (Å²) in [5, 5.41) is 16.4. The maximum atomic E-state index is 13.3. The summed E-state index contributed by atoms with van der Waals surface area (Å²) < 4.78 is 1.04. The van der Waals surface area contributed by atoms with Gasteiger partial charge >= 0.3 is 5.69 Å². The number of nitrogens with zero attached hydrogens (tertiary/aromatic N) is 1. The van der Waals surface area contributed by atoms with Crippen molar-refractivity contribution in [2.75, 3.05) is 6.54 Å². The zero-order chi connectivity index (χ0) is 20.1. The van der Waals surface area contributed by atoms with Gasteiger partial charge in [0.1, 0.15) is 0 Å². The Bertz CT molecular complexity index is 1350. The van der Waals surface area contributed by atoms with Crippen molar-refractivity contribution < 1.29 is 10.4 Å². The molecule has 2 aromatic heterocycles. The third-order valence-electron chi connectivity index (χ3n) is 5.66. The molecule has 2 aromatic carbocycles. The lowest BCUT2D eigenvalue weighted by atomic mass is 9.95. The summed E-state index contributed by atoms with van der Waals surface area (Å²) >= 11 is 0. The number of nitrogens with one attached hydrogen (secondary N) is 2. The minimum atomic E-state index is -0.722. The second kappa shape index (κ2) is 6.49. The van der Waals surface area contributed by atoms with E-state index in [4.69, 9.17) is 0 Å². The molecule has 1 atom stereocenters. The van der Waals surface area contributed by atoms with Crippen LogP contribution < -0.4 is 21.7 Å². The van der Waals surface area contributed by atoms with Crippen LogP contribution in [0, 0.1) is 6.92 Å². The predicted molar refractivity (Wildman–Crippen MR) is 107 cm³/mol. The summed E-state index contributed by atoms with van der Waals surface area (Å²) in [5.41, 5.74) is 3.13. The number of aromatic nitrogens is 3. The van der Waals surface area contributed by atoms with E-state index in [0.29, 0.717) is 5.69 Å². The molecule has 5 rings (SSSR count). The minimum Gasteiger partial charge on any atom is -0.859 e. The fraction of sp³-hybridized carbons (Fsp3) is 0.182. The Morgan fingerprint density at radius 1 is 1.07 bits per heavy atom. The molecule has 0 bridgehead atoms. The van der Waals surface area contributed by atoms with Gasteiger partial charge in [0.05, 0.1) is 17.8 Å². The van der Waals surface area contributed by atoms with Gasteiger partial charge < -0.3 is 15.4 Å². The van der Waals surface area contributed by atoms with Crippen molar-refractivity contribution in [1.29, 1.82) is 0 Å². The van der Waals surface area contributed by atoms with E-state index in [9.17, 15) is 14.7 Å². The van der Waals surface area contributed by atoms with Gasteiger partial charge in [0.25, 0.3) is 5.56 Å². The van der Waals surface area contributed by atoms with E-state index in [1.807, 2.05) is 48.6 Å². The van der Waals surface area contributed by atoms with Crippen molar-refractivity contribution in [3.63, 3.8) is 0 Å². The van der Waals surface area contributed by atoms with Gasteiger partial charge in [-0.25, -0.2) is 4.79 Å². The molecular formula is C22H20N4O3. The van der Waals surface area contributed by atoms with Crippen LogP contribution in [0.3, 0.4) is 0 Å². The van der Waals surface area contributed by atoms with Crippen LogP contribution in [0.4, 0.5) is 0 Å². The molecule has 0 amide bonds. The van der Waals surface area contributed by atoms with Gasteiger partial charge in [0.15, 0.2) is 6.04 Å². The Labute approximate surface area is 165 Å². The number of hydrogen-bond donors (Lipinski definition) is 3. The van der Waals surface area contributed by atoms with Crippen molar-refractivity contribution >= 4 is 10.9 Å². The molecule has 4 aromatic rings. The maximum absolute atomic E-state index is 13.3. The quantitative estimate of drug-likeness (QED) is 0.468. The normalized spacial score (nSPS) is 16.1. The molecule has 29 heavy (non-hydrogen) atoms. The zero-order valence-electron chi connectivity index (χ0n) is 15.9. The number of hydrogen-bond acceptors (Lipinski definition) is 3. The van der Waals surface area contributed by atoms with Crippen molar-refractivity contribution in [3.05, 3.63) is 91.8 Å². The fourth-order valence-corrected chi connectivity index (χ4v) is 4.26. The molecule has 0 saturated carbocycles. The van der Waals surface area contributed by atoms with Crippen LogP contribution in [0.25, 0.3) is 16.6 Å². The average molecular weight is 388 g/mol. The summed E-state index contributed by atoms with van der Waals surface area (Å²) in [7, 11) is 0. The van der Waals surface area contributed by atoms with Crippen molar-refractivity contribution in [2.45, 2.75) is 19.4 Å². The number of aryl methyl sites for hydroxylation is 1. The Morgan fingerprint density at radius 2 is 1.83 bits per heavy atom. The zero-order valence-corrected chi connectivity index (χ0v) is 15.9. The Kier molecular flexibility index (Phi) is 3.92. The minimum absolute atomic E-state index is 0.0673. The van der Waals surface area contributed by atoms with Crippen LogP contribution in [-0.2, 0) is 6.42 Å². The number of quaternary nitrogens is 1. The molecule has 0 fully saturated rings. The summed E-state index contributed by atoms with van der Waals surface area (Å²) in [6, 6.07) is 14.5. The second-order valence-corrected chi connectivity index (χ2v) is 7.46. The van der Waals surface area contributed by atoms with Crippen LogP contribution >= 0.6 is 0 Å². The van der Waals surface area contributed by atoms with Gasteiger partial charge in [-0.15, -0.1) is 0 Å². The monoisotopic (exact) mass is 388 g/mol. The number of para-hydroxylation sites is 1. The van der Waals surface area contributed by atoms with Gasteiger partial charge in [-0.05, 0) is 36.6 Å². The van der Waals surface area contributed by atoms with Crippen LogP contribution in [0.15, 0.2) is 58.1 Å². The Hall–Kier alpha value is -3.58. The van der Waals surface area contributed by atoms with Crippen molar-refractivity contribution in [3.8, 4) is 11.6 Å². The summed E-state index contributed by atoms with van der Waals surface area (Å²) in [6.45, 7) is 2.68. The summed E-state index contributed by atoms with van der Waals surface area (Å²) in [4.78, 5) is 30.9. The van der Waals surface area contributed by atoms with Crippen LogP contribution in [0.2, 0.25) is 0 Å². The van der Waals surface area contributed by atoms with Gasteiger partial charge in [-0.1, -0.05) is 35.9 Å². The van der Waals surface area contributed by atoms with E-state index >= 15 is 0 Å². The lowest BCUT2D eigenvalue weighted by Crippen LogP contribution is -2.88. The first kappa shape index (κ1) is 17.5. The van der Waals surface area contributed by atoms with Crippen LogP contribution in [0.1, 0.15) is 28.4 Å². The SMILES string of the molecule is Cc1ccc(-n2c([O-])c([C@H]3[NH2+]CCc4c3[nH]c3ccccc43)c(=O)[nH]c2=O)cc1. The lowest BCUT2D eigenvalue weighted by molar-refractivity contribution is -0.691. The third kappa shape index (κ3) is 2.70. The molecule has 4 N–H and O–H groups in total. The van der Waals surface area contributed by atoms with Crippen LogP contribution in [0.5, 0.6) is 5.88 Å². The number of aromatic amines is 2. The van der Waals surface area contributed by atoms with Gasteiger partial charge in [0, 0.05) is 23.0 Å². The molecule has 0 spiro atoms. The summed E-state index contributed by atoms with van der Waals surface area (Å²) in [5.74, 6) is -0.574. The molecule has 1 aliphatic heterocycles. The van der Waals surface area contributed by atoms with Gasteiger partial charge in [0.2, 0.25) is 0 Å². The van der Waals surface area contributed by atoms with Gasteiger partial charge in [-0.3, -0.25) is 14.3 Å². The smallest absolute Gasteiger partial charge is 0.332 e. The van der Waals surface area contributed by atoms with Crippen molar-refractivity contribution in [1.82, 2.24) is 14.5 Å². The predicted octanol–water partition coefficient (Wildman–Crippen LogP) is 0.598. The summed E-state index contributed by atoms with van der Waals surface area (Å²) in [6.07, 6.45) is 0.847. The molecular weight excluding hydrogens is 368 g/mol. The molecule has 1 aliphatic rings. The van der Waals surface area contributed by atoms with E-state index in [-0.39, 0.29) is 5.56 Å². The Morgan fingerprint density at radius 3 is 2.62 bits per heavy atom. The topological polar surface area (TPSA) is 110 Å². The van der Waals surface area contributed by atoms with E-state index in [1.165, 1.54) is 0 Å². The Balaban J connectivity index is 1.74. The number of H-pyrrole nitrogens is 2. The molecule has 7 nitrogen and oxygen atoms in total. The highest BCUT2D eigenvalue weighted by Gasteiger charge is 2.32. The first-order valence-corrected chi connectivity index (χ1v) is 9.60. The largest absolute Gasteiger partial charge is 0.859 e. The fourth-order valence-electron chi connectivity index (χ4n) is 4.26. The highest BCUT2D eigenvalue weighted by atomic mass is 16.3. The number of fused-ring (bicyclic) bond motifs is 3. The molecule has 0 unspecified atom stereocenters. The third-order valence-corrected chi connectivity index (χ3v) is 5.66. The van der Waals surface area contributed by atoms with E-state index in [2.05, 4.69) is 9.97 Å². The maximum Gasteiger partial charge on any atom is 0.332 e. The molecule has 0 saturated heterocycles. The first-order valence-electron chi connectivity index (χ1n) is 9.60. The van der Waals surface area contributed by atoms with Crippen LogP contribution in [-0.4, -0.2) is 21.1 Å². The first-order chi connectivity index (χ1) is 14.0. The highest BCUT2D eigenvalue weighted by Crippen LogP contribution is 2.31. The molecule has 3 heterocycles. The molecule has 7 heteroatoms. The van der Waals surface area contributed by atoms with E-state index in [1.54, 1.807) is 12.1 Å². The number of nitrogens with two attached hydrogens (primary N) is 1. The number of benzene rings is 2. The van der Waals surface area contributed by atoms with Gasteiger partial charge in [-0.2, -0.15) is 0 Å². The molecule has 0 aliphatic carbocycles. The van der Waals surface area contributed by atoms with Crippen molar-refractivity contribution in [2.24, 2.45) is 0 Å². The standard InChI is InChI=1S/C22H20N4O3/c1-12-6-8-13(9-7-12)26-21(28)17(20(27)25-22(26)29)19-18-15(10-11-23-19)14-4-2-3-5-16(14)24-18/h2-9,19,23-24,28H,10-11H2,1H3,(H,25,27,29)/t19-/m1/s1. The highest BCUT2D eigenvalue weighted by molar-refractivity contribution is 5.85.